The van der Waals surface area contributed by atoms with Gasteiger partial charge in [-0.05, 0) is 39.0 Å². The molecule has 0 fully saturated rings. The van der Waals surface area contributed by atoms with Crippen molar-refractivity contribution in [1.29, 1.82) is 0 Å². The van der Waals surface area contributed by atoms with Crippen LogP contribution in [-0.2, 0) is 4.74 Å². The van der Waals surface area contributed by atoms with Crippen LogP contribution >= 0.6 is 11.6 Å². The molecule has 0 aliphatic carbocycles. The van der Waals surface area contributed by atoms with Gasteiger partial charge in [0.1, 0.15) is 10.8 Å². The van der Waals surface area contributed by atoms with Crippen LogP contribution in [0.1, 0.15) is 37.9 Å². The van der Waals surface area contributed by atoms with Crippen LogP contribution in [0.15, 0.2) is 34.9 Å². The normalized spacial score (nSPS) is 10.8. The highest BCUT2D eigenvalue weighted by molar-refractivity contribution is 6.32. The Hall–Kier alpha value is -3.46. The van der Waals surface area contributed by atoms with Gasteiger partial charge in [0.05, 0.1) is 10.5 Å². The molecule has 1 aromatic carbocycles. The number of carbonyl (C=O) groups is 2. The van der Waals surface area contributed by atoms with Crippen LogP contribution in [0.3, 0.4) is 0 Å². The average molecular weight is 418 g/mol. The first kappa shape index (κ1) is 20.3. The minimum absolute atomic E-state index is 0.0718. The van der Waals surface area contributed by atoms with Gasteiger partial charge in [-0.1, -0.05) is 16.8 Å². The van der Waals surface area contributed by atoms with Gasteiger partial charge in [-0.15, -0.1) is 0 Å². The Bertz CT molecular complexity index is 1130. The van der Waals surface area contributed by atoms with Crippen molar-refractivity contribution < 1.29 is 23.8 Å². The van der Waals surface area contributed by atoms with E-state index < -0.39 is 29.0 Å². The molecule has 10 heteroatoms. The predicted octanol–water partition coefficient (Wildman–Crippen LogP) is 3.99. The van der Waals surface area contributed by atoms with Crippen molar-refractivity contribution in [2.75, 3.05) is 6.61 Å². The number of nitro groups is 1. The molecule has 9 nitrogen and oxygen atoms in total. The number of aromatic nitrogens is 2. The third-order valence-electron chi connectivity index (χ3n) is 4.29. The SMILES string of the molecule is Cc1cc(-n2c(C)cc(C(=O)COC(=O)c3ccc(Cl)c([N+](=O)[O-])c3)c2C)no1. The first-order chi connectivity index (χ1) is 13.7. The molecule has 29 heavy (non-hydrogen) atoms. The lowest BCUT2D eigenvalue weighted by Crippen LogP contribution is -2.15. The maximum absolute atomic E-state index is 12.6. The molecular weight excluding hydrogens is 402 g/mol. The molecule has 2 heterocycles. The molecule has 2 aromatic heterocycles. The number of nitrogens with zero attached hydrogens (tertiary/aromatic N) is 3. The number of ether oxygens (including phenoxy) is 1. The molecule has 0 radical (unpaired) electrons. The Balaban J connectivity index is 1.76. The van der Waals surface area contributed by atoms with E-state index in [2.05, 4.69) is 5.16 Å². The number of nitro benzene ring substituents is 1. The van der Waals surface area contributed by atoms with E-state index in [0.29, 0.717) is 22.8 Å². The number of ketones is 1. The summed E-state index contributed by atoms with van der Waals surface area (Å²) in [6, 6.07) is 6.94. The Morgan fingerprint density at radius 3 is 2.59 bits per heavy atom. The summed E-state index contributed by atoms with van der Waals surface area (Å²) in [6.07, 6.45) is 0. The van der Waals surface area contributed by atoms with Crippen molar-refractivity contribution in [3.63, 3.8) is 0 Å². The zero-order valence-electron chi connectivity index (χ0n) is 15.8. The lowest BCUT2D eigenvalue weighted by atomic mass is 10.1. The number of hydrogen-bond donors (Lipinski definition) is 0. The van der Waals surface area contributed by atoms with Crippen LogP contribution < -0.4 is 0 Å². The molecule has 0 unspecified atom stereocenters. The van der Waals surface area contributed by atoms with Gasteiger partial charge in [-0.25, -0.2) is 4.79 Å². The molecule has 150 valence electrons. The monoisotopic (exact) mass is 417 g/mol. The molecule has 0 bridgehead atoms. The molecule has 0 atom stereocenters. The summed E-state index contributed by atoms with van der Waals surface area (Å²) >= 11 is 5.73. The molecule has 3 aromatic rings. The summed E-state index contributed by atoms with van der Waals surface area (Å²) in [5.74, 6) is -0.103. The Morgan fingerprint density at radius 2 is 1.97 bits per heavy atom. The zero-order valence-corrected chi connectivity index (χ0v) is 16.5. The first-order valence-corrected chi connectivity index (χ1v) is 8.83. The van der Waals surface area contributed by atoms with Crippen LogP contribution in [-0.4, -0.2) is 33.0 Å². The summed E-state index contributed by atoms with van der Waals surface area (Å²) < 4.78 is 11.9. The van der Waals surface area contributed by atoms with Gasteiger partial charge in [-0.2, -0.15) is 0 Å². The number of halogens is 1. The lowest BCUT2D eigenvalue weighted by Gasteiger charge is -2.06. The van der Waals surface area contributed by atoms with Gasteiger partial charge in [0.25, 0.3) is 5.69 Å². The fourth-order valence-corrected chi connectivity index (χ4v) is 3.11. The van der Waals surface area contributed by atoms with Crippen molar-refractivity contribution in [3.8, 4) is 5.82 Å². The minimum atomic E-state index is -0.862. The van der Waals surface area contributed by atoms with Crippen LogP contribution in [0, 0.1) is 30.9 Å². The maximum Gasteiger partial charge on any atom is 0.338 e. The van der Waals surface area contributed by atoms with Crippen molar-refractivity contribution in [2.45, 2.75) is 20.8 Å². The second kappa shape index (κ2) is 7.88. The van der Waals surface area contributed by atoms with Crippen molar-refractivity contribution in [3.05, 3.63) is 73.7 Å². The highest BCUT2D eigenvalue weighted by Gasteiger charge is 2.21. The number of hydrogen-bond acceptors (Lipinski definition) is 7. The second-order valence-corrected chi connectivity index (χ2v) is 6.75. The molecule has 0 saturated heterocycles. The number of Topliss-reactive ketones (excluding diaryl/α,β-unsaturated/α-hetero) is 1. The van der Waals surface area contributed by atoms with Crippen molar-refractivity contribution in [1.82, 2.24) is 9.72 Å². The van der Waals surface area contributed by atoms with E-state index in [1.165, 1.54) is 12.1 Å². The summed E-state index contributed by atoms with van der Waals surface area (Å²) in [4.78, 5) is 35.0. The van der Waals surface area contributed by atoms with Crippen molar-refractivity contribution in [2.24, 2.45) is 0 Å². The highest BCUT2D eigenvalue weighted by atomic mass is 35.5. The molecule has 0 spiro atoms. The third-order valence-corrected chi connectivity index (χ3v) is 4.61. The molecule has 3 rings (SSSR count). The highest BCUT2D eigenvalue weighted by Crippen LogP contribution is 2.25. The molecule has 0 N–H and O–H groups in total. The topological polar surface area (TPSA) is 117 Å². The van der Waals surface area contributed by atoms with Crippen LogP contribution in [0.5, 0.6) is 0 Å². The van der Waals surface area contributed by atoms with Gasteiger partial charge in [0.15, 0.2) is 12.4 Å². The maximum atomic E-state index is 12.6. The van der Waals surface area contributed by atoms with Crippen LogP contribution in [0.25, 0.3) is 5.82 Å². The van der Waals surface area contributed by atoms with E-state index in [1.54, 1.807) is 30.5 Å². The van der Waals surface area contributed by atoms with Gasteiger partial charge in [0.2, 0.25) is 5.78 Å². The Labute approximate surface area is 170 Å². The number of carbonyl (C=O) groups excluding carboxylic acids is 2. The van der Waals surface area contributed by atoms with Crippen molar-refractivity contribution >= 4 is 29.0 Å². The molecule has 0 aliphatic heterocycles. The molecule has 0 aliphatic rings. The summed E-state index contributed by atoms with van der Waals surface area (Å²) in [5, 5.41) is 14.8. The Morgan fingerprint density at radius 1 is 1.24 bits per heavy atom. The van der Waals surface area contributed by atoms with E-state index in [0.717, 1.165) is 11.8 Å². The fourth-order valence-electron chi connectivity index (χ4n) is 2.93. The average Bonchev–Trinajstić information content (AvgIpc) is 3.21. The van der Waals surface area contributed by atoms with E-state index in [9.17, 15) is 19.7 Å². The summed E-state index contributed by atoms with van der Waals surface area (Å²) in [7, 11) is 0. The third kappa shape index (κ3) is 4.04. The summed E-state index contributed by atoms with van der Waals surface area (Å²) in [5.41, 5.74) is 1.27. The predicted molar refractivity (Wildman–Crippen MR) is 103 cm³/mol. The van der Waals surface area contributed by atoms with Crippen LogP contribution in [0.2, 0.25) is 5.02 Å². The van der Waals surface area contributed by atoms with E-state index in [-0.39, 0.29) is 10.6 Å². The molecular formula is C19H16ClN3O6. The first-order valence-electron chi connectivity index (χ1n) is 8.46. The van der Waals surface area contributed by atoms with E-state index in [1.807, 2.05) is 6.92 Å². The smallest absolute Gasteiger partial charge is 0.338 e. The van der Waals surface area contributed by atoms with Gasteiger partial charge in [0, 0.05) is 29.1 Å². The molecule has 0 amide bonds. The quantitative estimate of drug-likeness (QED) is 0.257. The lowest BCUT2D eigenvalue weighted by molar-refractivity contribution is -0.384. The number of esters is 1. The Kier molecular flexibility index (Phi) is 5.51. The van der Waals surface area contributed by atoms with E-state index in [4.69, 9.17) is 20.9 Å². The number of aryl methyl sites for hydroxylation is 2. The largest absolute Gasteiger partial charge is 0.454 e. The summed E-state index contributed by atoms with van der Waals surface area (Å²) in [6.45, 7) is 4.80. The fraction of sp³-hybridized carbons (Fsp3) is 0.211. The van der Waals surface area contributed by atoms with Gasteiger partial charge in [-0.3, -0.25) is 19.5 Å². The zero-order chi connectivity index (χ0) is 21.3. The standard InChI is InChI=1S/C19H16ClN3O6/c1-10-6-14(12(3)22(10)18-7-11(2)29-21-18)17(24)9-28-19(25)13-4-5-15(20)16(8-13)23(26)27/h4-8H,9H2,1-3H3. The van der Waals surface area contributed by atoms with E-state index >= 15 is 0 Å². The second-order valence-electron chi connectivity index (χ2n) is 6.34. The van der Waals surface area contributed by atoms with Gasteiger partial charge >= 0.3 is 5.97 Å². The van der Waals surface area contributed by atoms with Crippen LogP contribution in [0.4, 0.5) is 5.69 Å². The number of rotatable bonds is 6. The number of benzene rings is 1. The molecule has 0 saturated carbocycles. The van der Waals surface area contributed by atoms with Gasteiger partial charge < -0.3 is 9.26 Å². The minimum Gasteiger partial charge on any atom is -0.454 e.